The maximum atomic E-state index is 12.9. The molecular weight excluding hydrogens is 148 g/mol. The fourth-order valence-electron chi connectivity index (χ4n) is 1.15. The molecule has 0 aromatic heterocycles. The molecule has 1 N–H and O–H groups in total. The van der Waals surface area contributed by atoms with Crippen molar-refractivity contribution in [2.75, 3.05) is 7.05 Å². The molecule has 0 spiro atoms. The van der Waals surface area contributed by atoms with Crippen LogP contribution in [0.15, 0.2) is 23.6 Å². The second kappa shape index (κ2) is 3.13. The van der Waals surface area contributed by atoms with Gasteiger partial charge in [0.15, 0.2) is 0 Å². The molecule has 1 nitrogen and oxygen atoms in total. The van der Waals surface area contributed by atoms with Crippen LogP contribution in [-0.2, 0) is 0 Å². The minimum Gasteiger partial charge on any atom is -0.308 e. The van der Waals surface area contributed by atoms with E-state index in [2.05, 4.69) is 5.32 Å². The van der Waals surface area contributed by atoms with Crippen molar-refractivity contribution in [2.24, 2.45) is 0 Å². The lowest BCUT2D eigenvalue weighted by Gasteiger charge is -2.20. The number of halogens is 2. The van der Waals surface area contributed by atoms with Gasteiger partial charge >= 0.3 is 0 Å². The standard InChI is InChI=1S/C8H11F2N/c1-5-3-6(9)8(11-2)7(10)4-5/h3-4,6,8,11H,1-2H3/t6?,8-/m0/s1. The summed E-state index contributed by atoms with van der Waals surface area (Å²) in [4.78, 5) is 0. The lowest BCUT2D eigenvalue weighted by atomic mass is 10.0. The number of alkyl halides is 1. The maximum absolute atomic E-state index is 12.9. The van der Waals surface area contributed by atoms with Crippen LogP contribution >= 0.6 is 0 Å². The Morgan fingerprint density at radius 3 is 2.64 bits per heavy atom. The SMILES string of the molecule is CN[C@@H]1C(F)=CC(C)=CC1F. The Kier molecular flexibility index (Phi) is 2.39. The lowest BCUT2D eigenvalue weighted by molar-refractivity contribution is 0.302. The maximum Gasteiger partial charge on any atom is 0.140 e. The predicted molar refractivity (Wildman–Crippen MR) is 40.7 cm³/mol. The second-order valence-electron chi connectivity index (χ2n) is 2.65. The van der Waals surface area contributed by atoms with E-state index in [-0.39, 0.29) is 0 Å². The smallest absolute Gasteiger partial charge is 0.140 e. The number of rotatable bonds is 1. The molecule has 0 fully saturated rings. The Morgan fingerprint density at radius 2 is 2.18 bits per heavy atom. The molecule has 62 valence electrons. The minimum absolute atomic E-state index is 0.431. The Hall–Kier alpha value is -0.700. The van der Waals surface area contributed by atoms with Crippen molar-refractivity contribution in [3.63, 3.8) is 0 Å². The Labute approximate surface area is 64.8 Å². The van der Waals surface area contributed by atoms with Crippen molar-refractivity contribution < 1.29 is 8.78 Å². The molecule has 0 aliphatic heterocycles. The quantitative estimate of drug-likeness (QED) is 0.614. The zero-order valence-electron chi connectivity index (χ0n) is 6.57. The normalized spacial score (nSPS) is 31.3. The van der Waals surface area contributed by atoms with Crippen molar-refractivity contribution in [3.05, 3.63) is 23.6 Å². The summed E-state index contributed by atoms with van der Waals surface area (Å²) in [7, 11) is 1.54. The molecule has 0 radical (unpaired) electrons. The number of allylic oxidation sites excluding steroid dienone is 2. The Morgan fingerprint density at radius 1 is 1.55 bits per heavy atom. The van der Waals surface area contributed by atoms with Gasteiger partial charge in [-0.3, -0.25) is 0 Å². The van der Waals surface area contributed by atoms with Gasteiger partial charge in [-0.25, -0.2) is 8.78 Å². The molecule has 3 heteroatoms. The van der Waals surface area contributed by atoms with Crippen LogP contribution in [0.25, 0.3) is 0 Å². The van der Waals surface area contributed by atoms with Gasteiger partial charge in [0.05, 0.1) is 6.04 Å². The zero-order valence-corrected chi connectivity index (χ0v) is 6.57. The average Bonchev–Trinajstić information content (AvgIpc) is 1.85. The van der Waals surface area contributed by atoms with Gasteiger partial charge < -0.3 is 5.32 Å². The molecule has 11 heavy (non-hydrogen) atoms. The van der Waals surface area contributed by atoms with Gasteiger partial charge in [-0.2, -0.15) is 0 Å². The molecule has 0 aromatic rings. The fourth-order valence-corrected chi connectivity index (χ4v) is 1.15. The van der Waals surface area contributed by atoms with Crippen molar-refractivity contribution in [3.8, 4) is 0 Å². The highest BCUT2D eigenvalue weighted by Gasteiger charge is 2.24. The highest BCUT2D eigenvalue weighted by Crippen LogP contribution is 2.20. The lowest BCUT2D eigenvalue weighted by Crippen LogP contribution is -2.36. The Balaban J connectivity index is 2.82. The summed E-state index contributed by atoms with van der Waals surface area (Å²) in [5, 5.41) is 2.56. The van der Waals surface area contributed by atoms with Crippen LogP contribution in [-0.4, -0.2) is 19.3 Å². The van der Waals surface area contributed by atoms with Crippen LogP contribution in [0.2, 0.25) is 0 Å². The molecule has 0 bridgehead atoms. The predicted octanol–water partition coefficient (Wildman–Crippen LogP) is 1.73. The first-order valence-electron chi connectivity index (χ1n) is 3.52. The summed E-state index contributed by atoms with van der Waals surface area (Å²) in [6.45, 7) is 1.68. The summed E-state index contributed by atoms with van der Waals surface area (Å²) in [6.07, 6.45) is 1.51. The molecule has 1 aliphatic rings. The first kappa shape index (κ1) is 8.40. The topological polar surface area (TPSA) is 12.0 Å². The van der Waals surface area contributed by atoms with E-state index in [0.29, 0.717) is 5.57 Å². The highest BCUT2D eigenvalue weighted by molar-refractivity contribution is 5.29. The number of hydrogen-bond acceptors (Lipinski definition) is 1. The molecule has 0 aromatic carbocycles. The number of likely N-dealkylation sites (N-methyl/N-ethyl adjacent to an activating group) is 1. The van der Waals surface area contributed by atoms with Crippen LogP contribution in [0.4, 0.5) is 8.78 Å². The first-order chi connectivity index (χ1) is 5.15. The molecule has 1 unspecified atom stereocenters. The van der Waals surface area contributed by atoms with Crippen LogP contribution in [0.5, 0.6) is 0 Å². The van der Waals surface area contributed by atoms with Gasteiger partial charge in [0.2, 0.25) is 0 Å². The summed E-state index contributed by atoms with van der Waals surface area (Å²) >= 11 is 0. The first-order valence-corrected chi connectivity index (χ1v) is 3.52. The Bertz CT molecular complexity index is 208. The zero-order chi connectivity index (χ0) is 8.43. The third kappa shape index (κ3) is 1.66. The van der Waals surface area contributed by atoms with E-state index in [0.717, 1.165) is 0 Å². The largest absolute Gasteiger partial charge is 0.308 e. The van der Waals surface area contributed by atoms with Crippen molar-refractivity contribution in [2.45, 2.75) is 19.1 Å². The molecule has 0 saturated carbocycles. The third-order valence-corrected chi connectivity index (χ3v) is 1.71. The summed E-state index contributed by atoms with van der Waals surface area (Å²) < 4.78 is 25.8. The molecule has 1 rings (SSSR count). The monoisotopic (exact) mass is 159 g/mol. The van der Waals surface area contributed by atoms with Gasteiger partial charge in [0.25, 0.3) is 0 Å². The van der Waals surface area contributed by atoms with Crippen molar-refractivity contribution >= 4 is 0 Å². The van der Waals surface area contributed by atoms with Crippen LogP contribution in [0.1, 0.15) is 6.92 Å². The van der Waals surface area contributed by atoms with E-state index >= 15 is 0 Å². The van der Waals surface area contributed by atoms with Gasteiger partial charge in [-0.15, -0.1) is 0 Å². The molecular formula is C8H11F2N. The van der Waals surface area contributed by atoms with Crippen molar-refractivity contribution in [1.82, 2.24) is 5.32 Å². The van der Waals surface area contributed by atoms with Crippen molar-refractivity contribution in [1.29, 1.82) is 0 Å². The summed E-state index contributed by atoms with van der Waals surface area (Å²) in [5.74, 6) is -0.431. The van der Waals surface area contributed by atoms with Crippen LogP contribution in [0, 0.1) is 0 Å². The number of hydrogen-bond donors (Lipinski definition) is 1. The summed E-state index contributed by atoms with van der Waals surface area (Å²) in [5.41, 5.74) is 0.640. The van der Waals surface area contributed by atoms with Crippen LogP contribution < -0.4 is 5.32 Å². The fraction of sp³-hybridized carbons (Fsp3) is 0.500. The number of nitrogens with one attached hydrogen (secondary N) is 1. The van der Waals surface area contributed by atoms with E-state index < -0.39 is 18.0 Å². The second-order valence-corrected chi connectivity index (χ2v) is 2.65. The molecule has 0 heterocycles. The van der Waals surface area contributed by atoms with E-state index in [9.17, 15) is 8.78 Å². The molecule has 0 saturated heterocycles. The van der Waals surface area contributed by atoms with Crippen LogP contribution in [0.3, 0.4) is 0 Å². The van der Waals surface area contributed by atoms with Gasteiger partial charge in [0.1, 0.15) is 12.0 Å². The highest BCUT2D eigenvalue weighted by atomic mass is 19.1. The van der Waals surface area contributed by atoms with Gasteiger partial charge in [-0.1, -0.05) is 0 Å². The van der Waals surface area contributed by atoms with Gasteiger partial charge in [0, 0.05) is 0 Å². The van der Waals surface area contributed by atoms with E-state index in [4.69, 9.17) is 0 Å². The van der Waals surface area contributed by atoms with E-state index in [1.807, 2.05) is 0 Å². The van der Waals surface area contributed by atoms with Gasteiger partial charge in [-0.05, 0) is 31.7 Å². The minimum atomic E-state index is -1.25. The van der Waals surface area contributed by atoms with E-state index in [1.165, 1.54) is 12.2 Å². The van der Waals surface area contributed by atoms with E-state index in [1.54, 1.807) is 14.0 Å². The molecule has 0 amide bonds. The molecule has 2 atom stereocenters. The summed E-state index contributed by atoms with van der Waals surface area (Å²) in [6, 6.07) is -0.793. The third-order valence-electron chi connectivity index (χ3n) is 1.71. The average molecular weight is 159 g/mol. The molecule has 1 aliphatic carbocycles.